The van der Waals surface area contributed by atoms with E-state index in [0.717, 1.165) is 0 Å². The van der Waals surface area contributed by atoms with Crippen LogP contribution in [0.25, 0.3) is 0 Å². The Bertz CT molecular complexity index is 940. The Morgan fingerprint density at radius 3 is 2.19 bits per heavy atom. The molecule has 0 fully saturated rings. The molecule has 0 saturated heterocycles. The molecule has 168 valence electrons. The highest BCUT2D eigenvalue weighted by atomic mass is 35.5. The van der Waals surface area contributed by atoms with Gasteiger partial charge in [0.2, 0.25) is 5.91 Å². The predicted octanol–water partition coefficient (Wildman–Crippen LogP) is 6.01. The van der Waals surface area contributed by atoms with E-state index in [1.807, 2.05) is 20.8 Å². The van der Waals surface area contributed by atoms with Gasteiger partial charge < -0.3 is 15.0 Å². The predicted molar refractivity (Wildman–Crippen MR) is 126 cm³/mol. The molecule has 0 aliphatic carbocycles. The first-order chi connectivity index (χ1) is 14.4. The van der Waals surface area contributed by atoms with Gasteiger partial charge in [0.05, 0.1) is 5.02 Å². The van der Waals surface area contributed by atoms with Gasteiger partial charge in [-0.1, -0.05) is 52.5 Å². The van der Waals surface area contributed by atoms with Crippen molar-refractivity contribution < 1.29 is 14.3 Å². The third-order valence-corrected chi connectivity index (χ3v) is 5.54. The molecule has 9 heteroatoms. The van der Waals surface area contributed by atoms with Crippen LogP contribution in [-0.2, 0) is 16.1 Å². The van der Waals surface area contributed by atoms with Crippen molar-refractivity contribution in [3.8, 4) is 5.75 Å². The molecule has 0 aliphatic heterocycles. The van der Waals surface area contributed by atoms with Crippen LogP contribution in [0, 0.1) is 0 Å². The van der Waals surface area contributed by atoms with Gasteiger partial charge in [-0.05, 0) is 58.0 Å². The summed E-state index contributed by atoms with van der Waals surface area (Å²) in [7, 11) is 0. The topological polar surface area (TPSA) is 58.6 Å². The van der Waals surface area contributed by atoms with Crippen LogP contribution < -0.4 is 10.1 Å². The normalized spacial score (nSPS) is 12.3. The van der Waals surface area contributed by atoms with Gasteiger partial charge >= 0.3 is 0 Å². The first kappa shape index (κ1) is 25.6. The molecule has 0 saturated carbocycles. The van der Waals surface area contributed by atoms with Gasteiger partial charge in [0.1, 0.15) is 11.8 Å². The maximum atomic E-state index is 13.1. The van der Waals surface area contributed by atoms with Crippen molar-refractivity contribution in [2.45, 2.75) is 45.8 Å². The molecule has 0 aromatic heterocycles. The lowest BCUT2D eigenvalue weighted by Gasteiger charge is -2.31. The van der Waals surface area contributed by atoms with Crippen LogP contribution in [-0.4, -0.2) is 34.9 Å². The van der Waals surface area contributed by atoms with Crippen LogP contribution in [0.1, 0.15) is 33.3 Å². The lowest BCUT2D eigenvalue weighted by Crippen LogP contribution is -2.53. The van der Waals surface area contributed by atoms with Gasteiger partial charge in [0.15, 0.2) is 6.61 Å². The number of carbonyl (C=O) groups excluding carboxylic acids is 2. The molecule has 0 bridgehead atoms. The molecule has 2 aromatic rings. The summed E-state index contributed by atoms with van der Waals surface area (Å²) in [6.07, 6.45) is 0. The maximum Gasteiger partial charge on any atom is 0.261 e. The molecule has 0 spiro atoms. The van der Waals surface area contributed by atoms with Gasteiger partial charge in [-0.2, -0.15) is 0 Å². The van der Waals surface area contributed by atoms with E-state index in [2.05, 4.69) is 5.32 Å². The number of benzene rings is 2. The summed E-state index contributed by atoms with van der Waals surface area (Å²) in [5.41, 5.74) is 0.0780. The minimum absolute atomic E-state index is 0.0355. The van der Waals surface area contributed by atoms with Crippen LogP contribution in [0.3, 0.4) is 0 Å². The van der Waals surface area contributed by atoms with E-state index in [1.165, 1.54) is 11.0 Å². The van der Waals surface area contributed by atoms with Crippen LogP contribution >= 0.6 is 46.4 Å². The van der Waals surface area contributed by atoms with E-state index >= 15 is 0 Å². The Balaban J connectivity index is 2.27. The fraction of sp³-hybridized carbons (Fsp3) is 0.364. The highest BCUT2D eigenvalue weighted by Gasteiger charge is 2.29. The summed E-state index contributed by atoms with van der Waals surface area (Å²) in [6.45, 7) is 6.92. The van der Waals surface area contributed by atoms with Gasteiger partial charge in [-0.3, -0.25) is 9.59 Å². The molecule has 2 rings (SSSR count). The standard InChI is InChI=1S/C22H24Cl4N2O3/c1-13(21(30)27-22(2,3)4)28(11-15-16(24)6-5-7-17(15)25)20(29)12-31-19-9-8-14(23)10-18(19)26/h5-10,13H,11-12H2,1-4H3,(H,27,30). The minimum atomic E-state index is -0.802. The van der Waals surface area contributed by atoms with Gasteiger partial charge in [-0.15, -0.1) is 0 Å². The molecule has 1 N–H and O–H groups in total. The SMILES string of the molecule is CC(C(=O)NC(C)(C)C)N(Cc1c(Cl)cccc1Cl)C(=O)COc1ccc(Cl)cc1Cl. The molecule has 31 heavy (non-hydrogen) atoms. The average molecular weight is 506 g/mol. The number of hydrogen-bond acceptors (Lipinski definition) is 3. The van der Waals surface area contributed by atoms with Crippen molar-refractivity contribution in [3.63, 3.8) is 0 Å². The summed E-state index contributed by atoms with van der Waals surface area (Å²) in [5.74, 6) is -0.436. The second-order valence-electron chi connectivity index (χ2n) is 8.00. The summed E-state index contributed by atoms with van der Waals surface area (Å²) in [4.78, 5) is 27.3. The lowest BCUT2D eigenvalue weighted by atomic mass is 10.1. The number of rotatable bonds is 7. The minimum Gasteiger partial charge on any atom is -0.482 e. The van der Waals surface area contributed by atoms with E-state index in [4.69, 9.17) is 51.1 Å². The van der Waals surface area contributed by atoms with Crippen LogP contribution in [0.5, 0.6) is 5.75 Å². The second kappa shape index (κ2) is 10.8. The van der Waals surface area contributed by atoms with E-state index in [0.29, 0.717) is 26.4 Å². The molecule has 0 radical (unpaired) electrons. The van der Waals surface area contributed by atoms with Crippen molar-refractivity contribution in [3.05, 3.63) is 62.1 Å². The summed E-state index contributed by atoms with van der Waals surface area (Å²) < 4.78 is 5.58. The zero-order chi connectivity index (χ0) is 23.3. The fourth-order valence-electron chi connectivity index (χ4n) is 2.73. The van der Waals surface area contributed by atoms with E-state index in [1.54, 1.807) is 37.3 Å². The number of nitrogens with one attached hydrogen (secondary N) is 1. The second-order valence-corrected chi connectivity index (χ2v) is 9.66. The molecular formula is C22H24Cl4N2O3. The summed E-state index contributed by atoms with van der Waals surface area (Å²) in [6, 6.07) is 8.95. The van der Waals surface area contributed by atoms with Crippen molar-refractivity contribution >= 4 is 58.2 Å². The maximum absolute atomic E-state index is 13.1. The first-order valence-electron chi connectivity index (χ1n) is 9.51. The van der Waals surface area contributed by atoms with Gasteiger partial charge in [0.25, 0.3) is 5.91 Å². The third-order valence-electron chi connectivity index (χ3n) is 4.30. The van der Waals surface area contributed by atoms with Crippen LogP contribution in [0.2, 0.25) is 20.1 Å². The van der Waals surface area contributed by atoms with Gasteiger partial charge in [-0.25, -0.2) is 0 Å². The smallest absolute Gasteiger partial charge is 0.261 e. The van der Waals surface area contributed by atoms with Crippen LogP contribution in [0.15, 0.2) is 36.4 Å². The molecule has 5 nitrogen and oxygen atoms in total. The van der Waals surface area contributed by atoms with Crippen molar-refractivity contribution in [1.82, 2.24) is 10.2 Å². The molecule has 2 amide bonds. The highest BCUT2D eigenvalue weighted by Crippen LogP contribution is 2.29. The molecule has 2 aromatic carbocycles. The van der Waals surface area contributed by atoms with Gasteiger partial charge in [0, 0.05) is 32.7 Å². The molecule has 0 heterocycles. The van der Waals surface area contributed by atoms with Crippen molar-refractivity contribution in [1.29, 1.82) is 0 Å². The molecule has 0 aliphatic rings. The van der Waals surface area contributed by atoms with Crippen molar-refractivity contribution in [2.24, 2.45) is 0 Å². The number of halogens is 4. The van der Waals surface area contributed by atoms with E-state index < -0.39 is 17.5 Å². The zero-order valence-corrected chi connectivity index (χ0v) is 20.7. The Morgan fingerprint density at radius 1 is 1.03 bits per heavy atom. The van der Waals surface area contributed by atoms with E-state index in [9.17, 15) is 9.59 Å². The average Bonchev–Trinajstić information content (AvgIpc) is 2.65. The summed E-state index contributed by atoms with van der Waals surface area (Å²) in [5, 5.41) is 4.41. The summed E-state index contributed by atoms with van der Waals surface area (Å²) >= 11 is 24.6. The van der Waals surface area contributed by atoms with Crippen LogP contribution in [0.4, 0.5) is 0 Å². The number of ether oxygens (including phenoxy) is 1. The number of hydrogen-bond donors (Lipinski definition) is 1. The Morgan fingerprint density at radius 2 is 1.65 bits per heavy atom. The number of carbonyl (C=O) groups is 2. The monoisotopic (exact) mass is 504 g/mol. The number of amides is 2. The molecule has 1 unspecified atom stereocenters. The van der Waals surface area contributed by atoms with Crippen molar-refractivity contribution in [2.75, 3.05) is 6.61 Å². The quantitative estimate of drug-likeness (QED) is 0.501. The largest absolute Gasteiger partial charge is 0.482 e. The Labute approximate surface area is 202 Å². The lowest BCUT2D eigenvalue weighted by molar-refractivity contribution is -0.142. The Hall–Kier alpha value is -1.66. The Kier molecular flexibility index (Phi) is 8.90. The highest BCUT2D eigenvalue weighted by molar-refractivity contribution is 6.36. The third kappa shape index (κ3) is 7.46. The molecule has 1 atom stereocenters. The fourth-order valence-corrected chi connectivity index (χ4v) is 3.71. The zero-order valence-electron chi connectivity index (χ0n) is 17.6. The number of nitrogens with zero attached hydrogens (tertiary/aromatic N) is 1. The first-order valence-corrected chi connectivity index (χ1v) is 11.0. The van der Waals surface area contributed by atoms with E-state index in [-0.39, 0.29) is 24.1 Å². The molecular weight excluding hydrogens is 482 g/mol.